The molecule has 0 aliphatic rings. The van der Waals surface area contributed by atoms with Crippen molar-refractivity contribution in [3.63, 3.8) is 0 Å². The summed E-state index contributed by atoms with van der Waals surface area (Å²) in [6, 6.07) is 12.1. The van der Waals surface area contributed by atoms with Gasteiger partial charge >= 0.3 is 0 Å². The Morgan fingerprint density at radius 3 is 2.90 bits per heavy atom. The normalized spacial score (nSPS) is 11.0. The first kappa shape index (κ1) is 19.4. The van der Waals surface area contributed by atoms with Gasteiger partial charge in [0.05, 0.1) is 22.7 Å². The standard InChI is InChI=1S/C19H15BrClN5O3/c20-11-2-3-13-14(8-11)23-18(22-13)15-9-17(26-25-15)24-19(28)10-1-4-16(12(21)7-10)29-6-5-27/h1-4,7-9,27H,5-6H2,(H,22,23)(H2,24,25,26,28). The lowest BCUT2D eigenvalue weighted by Crippen LogP contribution is -2.12. The van der Waals surface area contributed by atoms with Crippen molar-refractivity contribution in [2.75, 3.05) is 18.5 Å². The number of benzene rings is 2. The number of carbonyl (C=O) groups is 1. The molecule has 4 rings (SSSR count). The summed E-state index contributed by atoms with van der Waals surface area (Å²) < 4.78 is 6.22. The third-order valence-electron chi connectivity index (χ3n) is 4.06. The van der Waals surface area contributed by atoms with Crippen LogP contribution in [0.4, 0.5) is 5.82 Å². The number of aliphatic hydroxyl groups is 1. The van der Waals surface area contributed by atoms with Gasteiger partial charge in [-0.3, -0.25) is 9.89 Å². The van der Waals surface area contributed by atoms with Crippen molar-refractivity contribution in [1.29, 1.82) is 0 Å². The molecule has 0 aliphatic carbocycles. The third kappa shape index (κ3) is 4.26. The Bertz CT molecular complexity index is 1190. The fourth-order valence-electron chi connectivity index (χ4n) is 2.72. The molecule has 29 heavy (non-hydrogen) atoms. The lowest BCUT2D eigenvalue weighted by Gasteiger charge is -2.08. The Hall–Kier alpha value is -2.88. The first-order valence-electron chi connectivity index (χ1n) is 8.59. The van der Waals surface area contributed by atoms with Crippen LogP contribution in [0.2, 0.25) is 5.02 Å². The van der Waals surface area contributed by atoms with Gasteiger partial charge in [0, 0.05) is 16.1 Å². The van der Waals surface area contributed by atoms with Gasteiger partial charge in [-0.25, -0.2) is 4.98 Å². The number of H-pyrrole nitrogens is 2. The van der Waals surface area contributed by atoms with Crippen LogP contribution in [0.1, 0.15) is 10.4 Å². The van der Waals surface area contributed by atoms with Crippen LogP contribution in [0.3, 0.4) is 0 Å². The molecular weight excluding hydrogens is 462 g/mol. The van der Waals surface area contributed by atoms with Crippen molar-refractivity contribution in [2.24, 2.45) is 0 Å². The molecule has 4 aromatic rings. The predicted octanol–water partition coefficient (Wildman–Crippen LogP) is 3.99. The largest absolute Gasteiger partial charge is 0.490 e. The molecule has 1 amide bonds. The van der Waals surface area contributed by atoms with E-state index in [1.807, 2.05) is 18.2 Å². The minimum atomic E-state index is -0.368. The zero-order valence-electron chi connectivity index (χ0n) is 14.9. The summed E-state index contributed by atoms with van der Waals surface area (Å²) in [4.78, 5) is 20.2. The second-order valence-electron chi connectivity index (χ2n) is 6.09. The third-order valence-corrected chi connectivity index (χ3v) is 4.85. The minimum absolute atomic E-state index is 0.122. The van der Waals surface area contributed by atoms with E-state index in [4.69, 9.17) is 21.4 Å². The number of fused-ring (bicyclic) bond motifs is 1. The van der Waals surface area contributed by atoms with Crippen molar-refractivity contribution in [2.45, 2.75) is 0 Å². The van der Waals surface area contributed by atoms with Crippen molar-refractivity contribution in [3.8, 4) is 17.3 Å². The second kappa shape index (κ2) is 8.24. The molecule has 0 unspecified atom stereocenters. The van der Waals surface area contributed by atoms with Crippen LogP contribution in [0.15, 0.2) is 46.9 Å². The highest BCUT2D eigenvalue weighted by Crippen LogP contribution is 2.26. The number of rotatable bonds is 6. The molecule has 2 heterocycles. The number of ether oxygens (including phenoxy) is 1. The van der Waals surface area contributed by atoms with Crippen molar-refractivity contribution in [3.05, 3.63) is 57.5 Å². The van der Waals surface area contributed by atoms with E-state index < -0.39 is 0 Å². The number of hydrogen-bond acceptors (Lipinski definition) is 5. The predicted molar refractivity (Wildman–Crippen MR) is 113 cm³/mol. The van der Waals surface area contributed by atoms with Crippen LogP contribution in [0.5, 0.6) is 5.75 Å². The number of anilines is 1. The van der Waals surface area contributed by atoms with Crippen molar-refractivity contribution in [1.82, 2.24) is 20.2 Å². The number of aromatic nitrogens is 4. The van der Waals surface area contributed by atoms with E-state index in [2.05, 4.69) is 41.4 Å². The fourth-order valence-corrected chi connectivity index (χ4v) is 3.30. The van der Waals surface area contributed by atoms with Crippen LogP contribution in [-0.2, 0) is 0 Å². The topological polar surface area (TPSA) is 116 Å². The van der Waals surface area contributed by atoms with Gasteiger partial charge in [0.15, 0.2) is 11.6 Å². The molecule has 8 nitrogen and oxygen atoms in total. The number of aliphatic hydroxyl groups excluding tert-OH is 1. The average molecular weight is 477 g/mol. The molecule has 0 fully saturated rings. The number of imidazole rings is 1. The summed E-state index contributed by atoms with van der Waals surface area (Å²) >= 11 is 9.55. The van der Waals surface area contributed by atoms with Gasteiger partial charge in [-0.15, -0.1) is 0 Å². The maximum atomic E-state index is 12.5. The molecule has 10 heteroatoms. The average Bonchev–Trinajstić information content (AvgIpc) is 3.33. The maximum Gasteiger partial charge on any atom is 0.256 e. The van der Waals surface area contributed by atoms with Crippen molar-refractivity contribution < 1.29 is 14.6 Å². The number of halogens is 2. The molecule has 0 bridgehead atoms. The Morgan fingerprint density at radius 2 is 2.10 bits per heavy atom. The quantitative estimate of drug-likeness (QED) is 0.336. The molecule has 0 aliphatic heterocycles. The number of aromatic amines is 2. The molecule has 0 radical (unpaired) electrons. The van der Waals surface area contributed by atoms with E-state index in [0.29, 0.717) is 28.6 Å². The second-order valence-corrected chi connectivity index (χ2v) is 7.41. The highest BCUT2D eigenvalue weighted by Gasteiger charge is 2.13. The van der Waals surface area contributed by atoms with Gasteiger partial charge in [0.2, 0.25) is 0 Å². The summed E-state index contributed by atoms with van der Waals surface area (Å²) in [6.45, 7) is 0.00259. The Balaban J connectivity index is 1.49. The van der Waals surface area contributed by atoms with Crippen LogP contribution in [0.25, 0.3) is 22.6 Å². The van der Waals surface area contributed by atoms with E-state index >= 15 is 0 Å². The lowest BCUT2D eigenvalue weighted by atomic mass is 10.2. The first-order valence-corrected chi connectivity index (χ1v) is 9.76. The van der Waals surface area contributed by atoms with Crippen molar-refractivity contribution >= 4 is 50.3 Å². The Labute approximate surface area is 178 Å². The van der Waals surface area contributed by atoms with Crippen LogP contribution in [0, 0.1) is 0 Å². The molecular formula is C19H15BrClN5O3. The number of amides is 1. The van der Waals surface area contributed by atoms with E-state index in [0.717, 1.165) is 15.5 Å². The van der Waals surface area contributed by atoms with E-state index in [1.165, 1.54) is 6.07 Å². The zero-order valence-corrected chi connectivity index (χ0v) is 17.2. The van der Waals surface area contributed by atoms with E-state index in [1.54, 1.807) is 18.2 Å². The van der Waals surface area contributed by atoms with Gasteiger partial charge in [-0.2, -0.15) is 5.10 Å². The molecule has 0 spiro atoms. The van der Waals surface area contributed by atoms with Gasteiger partial charge in [0.25, 0.3) is 5.91 Å². The Kier molecular flexibility index (Phi) is 5.52. The van der Waals surface area contributed by atoms with Crippen LogP contribution < -0.4 is 10.1 Å². The molecule has 0 atom stereocenters. The number of carbonyl (C=O) groups excluding carboxylic acids is 1. The number of nitrogens with zero attached hydrogens (tertiary/aromatic N) is 2. The lowest BCUT2D eigenvalue weighted by molar-refractivity contribution is 0.102. The molecule has 4 N–H and O–H groups in total. The van der Waals surface area contributed by atoms with Crippen LogP contribution >= 0.6 is 27.5 Å². The molecule has 0 saturated heterocycles. The zero-order chi connectivity index (χ0) is 20.4. The van der Waals surface area contributed by atoms with Crippen LogP contribution in [-0.4, -0.2) is 44.4 Å². The monoisotopic (exact) mass is 475 g/mol. The fraction of sp³-hybridized carbons (Fsp3) is 0.105. The Morgan fingerprint density at radius 1 is 1.24 bits per heavy atom. The molecule has 2 aromatic carbocycles. The minimum Gasteiger partial charge on any atom is -0.490 e. The summed E-state index contributed by atoms with van der Waals surface area (Å²) in [5, 5.41) is 18.8. The van der Waals surface area contributed by atoms with E-state index in [9.17, 15) is 4.79 Å². The number of nitrogens with one attached hydrogen (secondary N) is 3. The summed E-state index contributed by atoms with van der Waals surface area (Å²) in [6.07, 6.45) is 0. The molecule has 148 valence electrons. The molecule has 2 aromatic heterocycles. The molecule has 0 saturated carbocycles. The van der Waals surface area contributed by atoms with Gasteiger partial charge in [-0.05, 0) is 36.4 Å². The van der Waals surface area contributed by atoms with Gasteiger partial charge in [0.1, 0.15) is 18.1 Å². The summed E-state index contributed by atoms with van der Waals surface area (Å²) in [5.41, 5.74) is 2.69. The van der Waals surface area contributed by atoms with E-state index in [-0.39, 0.29) is 24.1 Å². The summed E-state index contributed by atoms with van der Waals surface area (Å²) in [5.74, 6) is 0.992. The SMILES string of the molecule is O=C(Nc1cc(-c2nc3cc(Br)ccc3[nH]2)[nH]n1)c1ccc(OCCO)c(Cl)c1. The highest BCUT2D eigenvalue weighted by molar-refractivity contribution is 9.10. The van der Waals surface area contributed by atoms with Gasteiger partial charge in [-0.1, -0.05) is 27.5 Å². The smallest absolute Gasteiger partial charge is 0.256 e. The summed E-state index contributed by atoms with van der Waals surface area (Å²) in [7, 11) is 0. The highest BCUT2D eigenvalue weighted by atomic mass is 79.9. The maximum absolute atomic E-state index is 12.5. The first-order chi connectivity index (χ1) is 14.0. The number of hydrogen-bond donors (Lipinski definition) is 4. The van der Waals surface area contributed by atoms with Gasteiger partial charge < -0.3 is 20.1 Å².